The molecular formula is C19H24N6O2S. The summed E-state index contributed by atoms with van der Waals surface area (Å²) in [7, 11) is -1.87. The summed E-state index contributed by atoms with van der Waals surface area (Å²) in [6.45, 7) is 1.36. The van der Waals surface area contributed by atoms with Crippen molar-refractivity contribution in [1.82, 2.24) is 25.3 Å². The number of hydrogen-bond donors (Lipinski definition) is 4. The molecule has 0 amide bonds. The van der Waals surface area contributed by atoms with E-state index in [4.69, 9.17) is 0 Å². The second-order valence-corrected chi connectivity index (χ2v) is 7.89. The number of sulfonamides is 1. The minimum Gasteiger partial charge on any atom is -0.361 e. The van der Waals surface area contributed by atoms with Crippen LogP contribution in [-0.4, -0.2) is 51.0 Å². The molecule has 3 rings (SSSR count). The van der Waals surface area contributed by atoms with E-state index in [1.807, 2.05) is 18.3 Å². The van der Waals surface area contributed by atoms with Gasteiger partial charge in [0.25, 0.3) is 0 Å². The number of aliphatic imine (C=N–C) groups is 1. The Balaban J connectivity index is 1.41. The quantitative estimate of drug-likeness (QED) is 0.258. The minimum atomic E-state index is -3.55. The topological polar surface area (TPSA) is 111 Å². The molecule has 0 bridgehead atoms. The lowest BCUT2D eigenvalue weighted by molar-refractivity contribution is 0.580. The van der Waals surface area contributed by atoms with Gasteiger partial charge in [0.2, 0.25) is 10.0 Å². The van der Waals surface area contributed by atoms with Crippen LogP contribution in [0.2, 0.25) is 0 Å². The molecule has 9 heteroatoms. The van der Waals surface area contributed by atoms with Gasteiger partial charge in [0.1, 0.15) is 4.90 Å². The van der Waals surface area contributed by atoms with Gasteiger partial charge in [0.05, 0.1) is 0 Å². The van der Waals surface area contributed by atoms with Crippen LogP contribution in [0.15, 0.2) is 64.9 Å². The number of hydrogen-bond acceptors (Lipinski definition) is 4. The first-order chi connectivity index (χ1) is 13.6. The summed E-state index contributed by atoms with van der Waals surface area (Å²) in [5.41, 5.74) is 2.36. The third-order valence-corrected chi connectivity index (χ3v) is 5.69. The molecule has 4 N–H and O–H groups in total. The molecule has 0 spiro atoms. The molecular weight excluding hydrogens is 376 g/mol. The van der Waals surface area contributed by atoms with Crippen molar-refractivity contribution in [3.63, 3.8) is 0 Å². The largest absolute Gasteiger partial charge is 0.361 e. The summed E-state index contributed by atoms with van der Waals surface area (Å²) in [5.74, 6) is 0.625. The van der Waals surface area contributed by atoms with Gasteiger partial charge in [-0.15, -0.1) is 0 Å². The highest BCUT2D eigenvalue weighted by Gasteiger charge is 2.12. The maximum Gasteiger partial charge on any atom is 0.242 e. The average molecular weight is 401 g/mol. The van der Waals surface area contributed by atoms with Crippen molar-refractivity contribution in [1.29, 1.82) is 0 Å². The normalized spacial score (nSPS) is 12.2. The van der Waals surface area contributed by atoms with E-state index in [0.717, 1.165) is 11.9 Å². The molecule has 0 unspecified atom stereocenters. The van der Waals surface area contributed by atoms with Gasteiger partial charge in [-0.3, -0.25) is 9.98 Å². The summed E-state index contributed by atoms with van der Waals surface area (Å²) in [6, 6.07) is 11.3. The van der Waals surface area contributed by atoms with Gasteiger partial charge in [-0.1, -0.05) is 18.2 Å². The van der Waals surface area contributed by atoms with E-state index in [-0.39, 0.29) is 11.4 Å². The first-order valence-corrected chi connectivity index (χ1v) is 10.5. The van der Waals surface area contributed by atoms with Crippen LogP contribution in [0.3, 0.4) is 0 Å². The molecule has 0 radical (unpaired) electrons. The Morgan fingerprint density at radius 2 is 1.93 bits per heavy atom. The van der Waals surface area contributed by atoms with Gasteiger partial charge in [-0.25, -0.2) is 13.1 Å². The van der Waals surface area contributed by atoms with E-state index in [1.165, 1.54) is 29.4 Å². The summed E-state index contributed by atoms with van der Waals surface area (Å²) in [5, 5.41) is 7.56. The molecule has 148 valence electrons. The van der Waals surface area contributed by atoms with E-state index in [2.05, 4.69) is 42.4 Å². The SMILES string of the molecule is CN=C(NCCNS(=O)(=O)c1cccnc1)NCCc1c[nH]c2ccccc12. The number of aromatic nitrogens is 2. The molecule has 3 aromatic rings. The zero-order chi connectivity index (χ0) is 19.8. The lowest BCUT2D eigenvalue weighted by Crippen LogP contribution is -2.42. The molecule has 8 nitrogen and oxygen atoms in total. The molecule has 1 aromatic carbocycles. The molecule has 0 saturated carbocycles. The second kappa shape index (κ2) is 9.34. The summed E-state index contributed by atoms with van der Waals surface area (Å²) >= 11 is 0. The fourth-order valence-electron chi connectivity index (χ4n) is 2.83. The van der Waals surface area contributed by atoms with Crippen molar-refractivity contribution in [2.45, 2.75) is 11.3 Å². The molecule has 0 aliphatic heterocycles. The molecule has 0 aliphatic carbocycles. The van der Waals surface area contributed by atoms with Crippen LogP contribution in [0.25, 0.3) is 10.9 Å². The lowest BCUT2D eigenvalue weighted by atomic mass is 10.1. The number of fused-ring (bicyclic) bond motifs is 1. The van der Waals surface area contributed by atoms with E-state index in [9.17, 15) is 8.42 Å². The standard InChI is InChI=1S/C19H24N6O2S/c1-20-19(22-10-8-15-13-24-18-7-3-2-6-17(15)18)23-11-12-25-28(26,27)16-5-4-9-21-14-16/h2-7,9,13-14,24-25H,8,10-12H2,1H3,(H2,20,22,23). The highest BCUT2D eigenvalue weighted by Crippen LogP contribution is 2.17. The Labute approximate surface area is 164 Å². The first-order valence-electron chi connectivity index (χ1n) is 8.99. The van der Waals surface area contributed by atoms with E-state index < -0.39 is 10.0 Å². The Morgan fingerprint density at radius 1 is 1.11 bits per heavy atom. The number of guanidine groups is 1. The van der Waals surface area contributed by atoms with Crippen molar-refractivity contribution >= 4 is 26.9 Å². The number of nitrogens with one attached hydrogen (secondary N) is 4. The van der Waals surface area contributed by atoms with Gasteiger partial charge in [-0.05, 0) is 30.2 Å². The number of benzene rings is 1. The van der Waals surface area contributed by atoms with Gasteiger partial charge in [0.15, 0.2) is 5.96 Å². The van der Waals surface area contributed by atoms with Crippen molar-refractivity contribution in [2.75, 3.05) is 26.7 Å². The monoisotopic (exact) mass is 400 g/mol. The molecule has 0 saturated heterocycles. The number of nitrogens with zero attached hydrogens (tertiary/aromatic N) is 2. The smallest absolute Gasteiger partial charge is 0.242 e. The van der Waals surface area contributed by atoms with Crippen LogP contribution < -0.4 is 15.4 Å². The van der Waals surface area contributed by atoms with Crippen LogP contribution >= 0.6 is 0 Å². The fourth-order valence-corrected chi connectivity index (χ4v) is 3.83. The molecule has 0 atom stereocenters. The van der Waals surface area contributed by atoms with E-state index in [0.29, 0.717) is 19.0 Å². The molecule has 0 aliphatic rings. The number of aromatic amines is 1. The summed E-state index contributed by atoms with van der Waals surface area (Å²) in [4.78, 5) is 11.4. The Kier molecular flexibility index (Phi) is 6.62. The maximum absolute atomic E-state index is 12.1. The van der Waals surface area contributed by atoms with Crippen molar-refractivity contribution < 1.29 is 8.42 Å². The highest BCUT2D eigenvalue weighted by molar-refractivity contribution is 7.89. The Morgan fingerprint density at radius 3 is 2.71 bits per heavy atom. The van der Waals surface area contributed by atoms with Crippen molar-refractivity contribution in [2.24, 2.45) is 4.99 Å². The number of rotatable bonds is 8. The summed E-state index contributed by atoms with van der Waals surface area (Å²) < 4.78 is 26.8. The molecule has 2 heterocycles. The predicted octanol–water partition coefficient (Wildman–Crippen LogP) is 1.25. The van der Waals surface area contributed by atoms with Crippen molar-refractivity contribution in [3.8, 4) is 0 Å². The average Bonchev–Trinajstić information content (AvgIpc) is 3.13. The zero-order valence-corrected chi connectivity index (χ0v) is 16.5. The number of pyridine rings is 1. The number of H-pyrrole nitrogens is 1. The maximum atomic E-state index is 12.1. The van der Waals surface area contributed by atoms with Crippen LogP contribution in [-0.2, 0) is 16.4 Å². The Hall–Kier alpha value is -2.91. The van der Waals surface area contributed by atoms with Crippen molar-refractivity contribution in [3.05, 3.63) is 60.6 Å². The third-order valence-electron chi connectivity index (χ3n) is 4.24. The van der Waals surface area contributed by atoms with Crippen LogP contribution in [0.4, 0.5) is 0 Å². The lowest BCUT2D eigenvalue weighted by Gasteiger charge is -2.12. The fraction of sp³-hybridized carbons (Fsp3) is 0.263. The van der Waals surface area contributed by atoms with Crippen LogP contribution in [0.1, 0.15) is 5.56 Å². The van der Waals surface area contributed by atoms with E-state index in [1.54, 1.807) is 13.1 Å². The minimum absolute atomic E-state index is 0.149. The molecule has 2 aromatic heterocycles. The summed E-state index contributed by atoms with van der Waals surface area (Å²) in [6.07, 6.45) is 5.72. The third kappa shape index (κ3) is 5.08. The van der Waals surface area contributed by atoms with E-state index >= 15 is 0 Å². The molecule has 0 fully saturated rings. The van der Waals surface area contributed by atoms with Gasteiger partial charge < -0.3 is 15.6 Å². The Bertz CT molecular complexity index is 1030. The predicted molar refractivity (Wildman–Crippen MR) is 111 cm³/mol. The van der Waals surface area contributed by atoms with Gasteiger partial charge in [-0.2, -0.15) is 0 Å². The highest BCUT2D eigenvalue weighted by atomic mass is 32.2. The first kappa shape index (κ1) is 19.8. The van der Waals surface area contributed by atoms with Crippen LogP contribution in [0, 0.1) is 0 Å². The number of para-hydroxylation sites is 1. The van der Waals surface area contributed by atoms with Crippen LogP contribution in [0.5, 0.6) is 0 Å². The second-order valence-electron chi connectivity index (χ2n) is 6.12. The molecule has 28 heavy (non-hydrogen) atoms. The van der Waals surface area contributed by atoms with Gasteiger partial charge >= 0.3 is 0 Å². The zero-order valence-electron chi connectivity index (χ0n) is 15.6. The van der Waals surface area contributed by atoms with Gasteiger partial charge in [0, 0.05) is 56.2 Å².